The van der Waals surface area contributed by atoms with E-state index in [1.807, 2.05) is 13.0 Å². The van der Waals surface area contributed by atoms with Crippen LogP contribution in [-0.2, 0) is 10.0 Å². The second kappa shape index (κ2) is 9.28. The fourth-order valence-corrected chi connectivity index (χ4v) is 4.57. The van der Waals surface area contributed by atoms with Crippen LogP contribution >= 0.6 is 0 Å². The Kier molecular flexibility index (Phi) is 6.76. The largest absolute Gasteiger partial charge is 0.497 e. The molecule has 2 aromatic rings. The monoisotopic (exact) mass is 418 g/mol. The van der Waals surface area contributed by atoms with Crippen molar-refractivity contribution in [3.63, 3.8) is 0 Å². The maximum Gasteiger partial charge on any atom is 0.254 e. The van der Waals surface area contributed by atoms with E-state index < -0.39 is 10.0 Å². The Labute approximate surface area is 171 Å². The standard InChI is InChI=1S/C21H26N2O5S/c1-3-15-28-19-6-4-5-17(16-19)21(24)22-11-13-23(14-12-22)29(25,26)20-9-7-18(27-2)8-10-20/h4-10,16H,3,11-15H2,1-2H3. The molecule has 3 rings (SSSR count). The second-order valence-electron chi connectivity index (χ2n) is 6.75. The summed E-state index contributed by atoms with van der Waals surface area (Å²) < 4.78 is 37.8. The number of amides is 1. The highest BCUT2D eigenvalue weighted by Gasteiger charge is 2.30. The Bertz CT molecular complexity index is 936. The van der Waals surface area contributed by atoms with E-state index in [1.54, 1.807) is 35.2 Å². The SMILES string of the molecule is CCCOc1cccc(C(=O)N2CCN(S(=O)(=O)c3ccc(OC)cc3)CC2)c1. The zero-order chi connectivity index (χ0) is 20.9. The molecule has 2 aromatic carbocycles. The maximum absolute atomic E-state index is 12.8. The van der Waals surface area contributed by atoms with Crippen LogP contribution in [0.25, 0.3) is 0 Å². The minimum atomic E-state index is -3.60. The molecule has 0 spiro atoms. The second-order valence-corrected chi connectivity index (χ2v) is 8.69. The molecule has 1 fully saturated rings. The number of hydrogen-bond acceptors (Lipinski definition) is 5. The summed E-state index contributed by atoms with van der Waals surface area (Å²) in [6, 6.07) is 13.4. The van der Waals surface area contributed by atoms with E-state index in [4.69, 9.17) is 9.47 Å². The van der Waals surface area contributed by atoms with Crippen molar-refractivity contribution in [3.05, 3.63) is 54.1 Å². The normalized spacial score (nSPS) is 15.2. The summed E-state index contributed by atoms with van der Waals surface area (Å²) in [7, 11) is -2.06. The van der Waals surface area contributed by atoms with Gasteiger partial charge >= 0.3 is 0 Å². The smallest absolute Gasteiger partial charge is 0.254 e. The predicted molar refractivity (Wildman–Crippen MR) is 110 cm³/mol. The van der Waals surface area contributed by atoms with Crippen LogP contribution in [0, 0.1) is 0 Å². The van der Waals surface area contributed by atoms with Crippen LogP contribution in [0.4, 0.5) is 0 Å². The summed E-state index contributed by atoms with van der Waals surface area (Å²) in [5.74, 6) is 1.15. The van der Waals surface area contributed by atoms with E-state index in [-0.39, 0.29) is 23.9 Å². The number of benzene rings is 2. The molecule has 156 valence electrons. The molecule has 1 heterocycles. The molecule has 0 aliphatic carbocycles. The molecule has 1 aliphatic rings. The van der Waals surface area contributed by atoms with Crippen LogP contribution in [0.5, 0.6) is 11.5 Å². The number of hydrogen-bond donors (Lipinski definition) is 0. The summed E-state index contributed by atoms with van der Waals surface area (Å²) >= 11 is 0. The Morgan fingerprint density at radius 2 is 1.69 bits per heavy atom. The number of methoxy groups -OCH3 is 1. The number of piperazine rings is 1. The van der Waals surface area contributed by atoms with Crippen molar-refractivity contribution in [1.29, 1.82) is 0 Å². The van der Waals surface area contributed by atoms with E-state index in [9.17, 15) is 13.2 Å². The van der Waals surface area contributed by atoms with E-state index >= 15 is 0 Å². The number of carbonyl (C=O) groups is 1. The Hall–Kier alpha value is -2.58. The summed E-state index contributed by atoms with van der Waals surface area (Å²) in [6.07, 6.45) is 0.892. The van der Waals surface area contributed by atoms with Crippen molar-refractivity contribution in [2.45, 2.75) is 18.2 Å². The van der Waals surface area contributed by atoms with Crippen molar-refractivity contribution in [2.75, 3.05) is 39.9 Å². The van der Waals surface area contributed by atoms with Crippen molar-refractivity contribution in [2.24, 2.45) is 0 Å². The summed E-state index contributed by atoms with van der Waals surface area (Å²) in [6.45, 7) is 3.81. The highest BCUT2D eigenvalue weighted by molar-refractivity contribution is 7.89. The van der Waals surface area contributed by atoms with Gasteiger partial charge in [0.15, 0.2) is 0 Å². The van der Waals surface area contributed by atoms with Crippen LogP contribution in [-0.4, -0.2) is 63.4 Å². The van der Waals surface area contributed by atoms with Crippen LogP contribution in [0.1, 0.15) is 23.7 Å². The zero-order valence-electron chi connectivity index (χ0n) is 16.7. The molecule has 0 atom stereocenters. The van der Waals surface area contributed by atoms with Gasteiger partial charge in [0.1, 0.15) is 11.5 Å². The molecule has 0 unspecified atom stereocenters. The molecule has 0 N–H and O–H groups in total. The quantitative estimate of drug-likeness (QED) is 0.691. The van der Waals surface area contributed by atoms with Crippen LogP contribution in [0.3, 0.4) is 0 Å². The Morgan fingerprint density at radius 1 is 1.00 bits per heavy atom. The van der Waals surface area contributed by atoms with Gasteiger partial charge in [0.25, 0.3) is 5.91 Å². The number of rotatable bonds is 7. The average molecular weight is 419 g/mol. The van der Waals surface area contributed by atoms with Gasteiger partial charge in [-0.2, -0.15) is 4.31 Å². The lowest BCUT2D eigenvalue weighted by atomic mass is 10.1. The van der Waals surface area contributed by atoms with Crippen LogP contribution < -0.4 is 9.47 Å². The zero-order valence-corrected chi connectivity index (χ0v) is 17.5. The third-order valence-electron chi connectivity index (χ3n) is 4.78. The summed E-state index contributed by atoms with van der Waals surface area (Å²) in [4.78, 5) is 14.7. The number of ether oxygens (including phenoxy) is 2. The fourth-order valence-electron chi connectivity index (χ4n) is 3.15. The molecule has 1 amide bonds. The molecule has 1 aliphatic heterocycles. The first-order chi connectivity index (χ1) is 14.0. The molecule has 7 nitrogen and oxygen atoms in total. The van der Waals surface area contributed by atoms with Gasteiger partial charge in [0, 0.05) is 31.7 Å². The molecule has 8 heteroatoms. The van der Waals surface area contributed by atoms with Gasteiger partial charge in [-0.25, -0.2) is 8.42 Å². The number of nitrogens with zero attached hydrogens (tertiary/aromatic N) is 2. The number of carbonyl (C=O) groups excluding carboxylic acids is 1. The van der Waals surface area contributed by atoms with Gasteiger partial charge in [-0.05, 0) is 48.9 Å². The molecular weight excluding hydrogens is 392 g/mol. The van der Waals surface area contributed by atoms with Gasteiger partial charge in [0.2, 0.25) is 10.0 Å². The molecule has 0 radical (unpaired) electrons. The van der Waals surface area contributed by atoms with Gasteiger partial charge in [-0.3, -0.25) is 4.79 Å². The number of sulfonamides is 1. The molecule has 29 heavy (non-hydrogen) atoms. The molecular formula is C21H26N2O5S. The Morgan fingerprint density at radius 3 is 2.31 bits per heavy atom. The van der Waals surface area contributed by atoms with Crippen molar-refractivity contribution in [1.82, 2.24) is 9.21 Å². The minimum absolute atomic E-state index is 0.117. The lowest BCUT2D eigenvalue weighted by molar-refractivity contribution is 0.0697. The third kappa shape index (κ3) is 4.89. The molecule has 1 saturated heterocycles. The first kappa shape index (κ1) is 21.1. The van der Waals surface area contributed by atoms with Gasteiger partial charge in [0.05, 0.1) is 18.6 Å². The first-order valence-electron chi connectivity index (χ1n) is 9.62. The van der Waals surface area contributed by atoms with Crippen LogP contribution in [0.15, 0.2) is 53.4 Å². The lowest BCUT2D eigenvalue weighted by Crippen LogP contribution is -2.50. The van der Waals surface area contributed by atoms with E-state index in [2.05, 4.69) is 0 Å². The van der Waals surface area contributed by atoms with E-state index in [0.29, 0.717) is 36.8 Å². The molecule has 0 bridgehead atoms. The third-order valence-corrected chi connectivity index (χ3v) is 6.69. The van der Waals surface area contributed by atoms with Gasteiger partial charge in [-0.15, -0.1) is 0 Å². The van der Waals surface area contributed by atoms with Crippen molar-refractivity contribution >= 4 is 15.9 Å². The van der Waals surface area contributed by atoms with Crippen LogP contribution in [0.2, 0.25) is 0 Å². The topological polar surface area (TPSA) is 76.2 Å². The van der Waals surface area contributed by atoms with Crippen molar-refractivity contribution < 1.29 is 22.7 Å². The lowest BCUT2D eigenvalue weighted by Gasteiger charge is -2.34. The molecule has 0 saturated carbocycles. The highest BCUT2D eigenvalue weighted by Crippen LogP contribution is 2.22. The highest BCUT2D eigenvalue weighted by atomic mass is 32.2. The van der Waals surface area contributed by atoms with Crippen molar-refractivity contribution in [3.8, 4) is 11.5 Å². The summed E-state index contributed by atoms with van der Waals surface area (Å²) in [5, 5.41) is 0. The molecule has 0 aromatic heterocycles. The van der Waals surface area contributed by atoms with Gasteiger partial charge in [-0.1, -0.05) is 13.0 Å². The minimum Gasteiger partial charge on any atom is -0.497 e. The Balaban J connectivity index is 1.64. The average Bonchev–Trinajstić information content (AvgIpc) is 2.77. The fraction of sp³-hybridized carbons (Fsp3) is 0.381. The predicted octanol–water partition coefficient (Wildman–Crippen LogP) is 2.63. The summed E-state index contributed by atoms with van der Waals surface area (Å²) in [5.41, 5.74) is 0.546. The first-order valence-corrected chi connectivity index (χ1v) is 11.1. The van der Waals surface area contributed by atoms with E-state index in [0.717, 1.165) is 6.42 Å². The van der Waals surface area contributed by atoms with Gasteiger partial charge < -0.3 is 14.4 Å². The van der Waals surface area contributed by atoms with E-state index in [1.165, 1.54) is 23.5 Å². The maximum atomic E-state index is 12.8.